The summed E-state index contributed by atoms with van der Waals surface area (Å²) in [6, 6.07) is 9.17. The molecule has 2 rings (SSSR count). The number of hydrogen-bond acceptors (Lipinski definition) is 3. The van der Waals surface area contributed by atoms with Gasteiger partial charge in [-0.2, -0.15) is 5.10 Å². The molecule has 0 aliphatic carbocycles. The fraction of sp³-hybridized carbons (Fsp3) is 0.400. The average Bonchev–Trinajstić information content (AvgIpc) is 2.77. The van der Waals surface area contributed by atoms with Gasteiger partial charge in [0.05, 0.1) is 11.8 Å². The van der Waals surface area contributed by atoms with Gasteiger partial charge in [-0.1, -0.05) is 24.6 Å². The Morgan fingerprint density at radius 1 is 1.40 bits per heavy atom. The van der Waals surface area contributed by atoms with Crippen LogP contribution in [0.3, 0.4) is 0 Å². The van der Waals surface area contributed by atoms with Crippen molar-refractivity contribution in [1.82, 2.24) is 9.78 Å². The van der Waals surface area contributed by atoms with Gasteiger partial charge in [0.2, 0.25) is 0 Å². The van der Waals surface area contributed by atoms with Gasteiger partial charge in [0.15, 0.2) is 0 Å². The second-order valence-corrected chi connectivity index (χ2v) is 5.17. The maximum absolute atomic E-state index is 10.0. The molecule has 1 atom stereocenters. The number of aliphatic hydroxyl groups is 1. The molecule has 0 saturated carbocycles. The lowest BCUT2D eigenvalue weighted by Gasteiger charge is -2.12. The van der Waals surface area contributed by atoms with Gasteiger partial charge in [0.1, 0.15) is 12.4 Å². The van der Waals surface area contributed by atoms with Crippen molar-refractivity contribution in [1.29, 1.82) is 0 Å². The van der Waals surface area contributed by atoms with Gasteiger partial charge in [-0.3, -0.25) is 4.68 Å². The van der Waals surface area contributed by atoms with Crippen molar-refractivity contribution in [2.24, 2.45) is 7.05 Å². The second-order valence-electron chi connectivity index (χ2n) is 4.73. The number of aliphatic hydroxyl groups excluding tert-OH is 1. The SMILES string of the molecule is CCc1cc(CC(O)COc2cccc(Cl)c2)n(C)n1. The molecule has 1 aromatic heterocycles. The molecule has 1 aromatic carbocycles. The third kappa shape index (κ3) is 3.99. The van der Waals surface area contributed by atoms with E-state index >= 15 is 0 Å². The molecular weight excluding hydrogens is 276 g/mol. The van der Waals surface area contributed by atoms with Crippen molar-refractivity contribution in [3.8, 4) is 5.75 Å². The highest BCUT2D eigenvalue weighted by molar-refractivity contribution is 6.30. The summed E-state index contributed by atoms with van der Waals surface area (Å²) in [6.45, 7) is 2.29. The van der Waals surface area contributed by atoms with Crippen LogP contribution < -0.4 is 4.74 Å². The van der Waals surface area contributed by atoms with Gasteiger partial charge in [0, 0.05) is 24.2 Å². The Hall–Kier alpha value is -1.52. The minimum atomic E-state index is -0.575. The molecule has 0 amide bonds. The molecule has 0 saturated heterocycles. The van der Waals surface area contributed by atoms with Crippen LogP contribution in [-0.4, -0.2) is 27.6 Å². The summed E-state index contributed by atoms with van der Waals surface area (Å²) in [4.78, 5) is 0. The zero-order valence-corrected chi connectivity index (χ0v) is 12.5. The van der Waals surface area contributed by atoms with Crippen molar-refractivity contribution in [3.63, 3.8) is 0 Å². The Morgan fingerprint density at radius 3 is 2.85 bits per heavy atom. The van der Waals surface area contributed by atoms with Crippen molar-refractivity contribution in [2.75, 3.05) is 6.61 Å². The van der Waals surface area contributed by atoms with Crippen molar-refractivity contribution in [3.05, 3.63) is 46.7 Å². The number of hydrogen-bond donors (Lipinski definition) is 1. The van der Waals surface area contributed by atoms with Crippen LogP contribution in [0.15, 0.2) is 30.3 Å². The minimum absolute atomic E-state index is 0.229. The molecular formula is C15H19ClN2O2. The largest absolute Gasteiger partial charge is 0.491 e. The third-order valence-electron chi connectivity index (χ3n) is 3.07. The fourth-order valence-electron chi connectivity index (χ4n) is 1.98. The van der Waals surface area contributed by atoms with E-state index < -0.39 is 6.10 Å². The van der Waals surface area contributed by atoms with E-state index in [4.69, 9.17) is 16.3 Å². The minimum Gasteiger partial charge on any atom is -0.491 e. The van der Waals surface area contributed by atoms with Gasteiger partial charge in [-0.25, -0.2) is 0 Å². The number of nitrogens with zero attached hydrogens (tertiary/aromatic N) is 2. The Kier molecular flexibility index (Phi) is 5.04. The standard InChI is InChI=1S/C15H19ClN2O2/c1-3-12-8-13(18(2)17-12)9-14(19)10-20-15-6-4-5-11(16)7-15/h4-8,14,19H,3,9-10H2,1-2H3. The van der Waals surface area contributed by atoms with Crippen LogP contribution in [0.5, 0.6) is 5.75 Å². The second kappa shape index (κ2) is 6.77. The number of rotatable bonds is 6. The van der Waals surface area contributed by atoms with E-state index in [-0.39, 0.29) is 6.61 Å². The summed E-state index contributed by atoms with van der Waals surface area (Å²) in [5, 5.41) is 15.0. The number of halogens is 1. The highest BCUT2D eigenvalue weighted by Crippen LogP contribution is 2.17. The summed E-state index contributed by atoms with van der Waals surface area (Å²) < 4.78 is 7.34. The molecule has 4 nitrogen and oxygen atoms in total. The Balaban J connectivity index is 1.89. The van der Waals surface area contributed by atoms with E-state index in [1.165, 1.54) is 0 Å². The first-order chi connectivity index (χ1) is 9.58. The van der Waals surface area contributed by atoms with Gasteiger partial charge in [-0.15, -0.1) is 0 Å². The summed E-state index contributed by atoms with van der Waals surface area (Å²) in [7, 11) is 1.89. The van der Waals surface area contributed by atoms with Gasteiger partial charge < -0.3 is 9.84 Å². The van der Waals surface area contributed by atoms with Crippen LogP contribution >= 0.6 is 11.6 Å². The number of aromatic nitrogens is 2. The monoisotopic (exact) mass is 294 g/mol. The fourth-order valence-corrected chi connectivity index (χ4v) is 2.17. The Bertz CT molecular complexity index is 569. The van der Waals surface area contributed by atoms with E-state index in [0.717, 1.165) is 17.8 Å². The highest BCUT2D eigenvalue weighted by atomic mass is 35.5. The smallest absolute Gasteiger partial charge is 0.120 e. The Morgan fingerprint density at radius 2 is 2.20 bits per heavy atom. The average molecular weight is 295 g/mol. The molecule has 0 bridgehead atoms. The predicted octanol–water partition coefficient (Wildman–Crippen LogP) is 2.62. The normalized spacial score (nSPS) is 12.4. The summed E-state index contributed by atoms with van der Waals surface area (Å²) >= 11 is 5.88. The molecule has 1 unspecified atom stereocenters. The molecule has 1 heterocycles. The van der Waals surface area contributed by atoms with E-state index in [0.29, 0.717) is 17.2 Å². The van der Waals surface area contributed by atoms with Gasteiger partial charge in [-0.05, 0) is 30.7 Å². The topological polar surface area (TPSA) is 47.3 Å². The van der Waals surface area contributed by atoms with Crippen LogP contribution in [0.2, 0.25) is 5.02 Å². The molecule has 0 aliphatic heterocycles. The van der Waals surface area contributed by atoms with Crippen LogP contribution in [0.25, 0.3) is 0 Å². The first-order valence-electron chi connectivity index (χ1n) is 6.66. The number of benzene rings is 1. The zero-order valence-electron chi connectivity index (χ0n) is 11.7. The Labute approximate surface area is 123 Å². The van der Waals surface area contributed by atoms with Gasteiger partial charge in [0.25, 0.3) is 0 Å². The number of ether oxygens (including phenoxy) is 1. The molecule has 0 radical (unpaired) electrons. The molecule has 108 valence electrons. The van der Waals surface area contributed by atoms with Crippen LogP contribution in [0, 0.1) is 0 Å². The number of aryl methyl sites for hydroxylation is 2. The molecule has 2 aromatic rings. The molecule has 1 N–H and O–H groups in total. The van der Waals surface area contributed by atoms with E-state index in [2.05, 4.69) is 12.0 Å². The van der Waals surface area contributed by atoms with Crippen molar-refractivity contribution >= 4 is 11.6 Å². The van der Waals surface area contributed by atoms with Crippen molar-refractivity contribution < 1.29 is 9.84 Å². The first kappa shape index (κ1) is 14.9. The van der Waals surface area contributed by atoms with E-state index in [9.17, 15) is 5.11 Å². The van der Waals surface area contributed by atoms with Crippen LogP contribution in [0.1, 0.15) is 18.3 Å². The zero-order chi connectivity index (χ0) is 14.5. The summed E-state index contributed by atoms with van der Waals surface area (Å²) in [6.07, 6.45) is 0.835. The lowest BCUT2D eigenvalue weighted by molar-refractivity contribution is 0.106. The van der Waals surface area contributed by atoms with E-state index in [1.54, 1.807) is 16.8 Å². The molecule has 0 aliphatic rings. The highest BCUT2D eigenvalue weighted by Gasteiger charge is 2.11. The van der Waals surface area contributed by atoms with Crippen LogP contribution in [0.4, 0.5) is 0 Å². The quantitative estimate of drug-likeness (QED) is 0.891. The maximum atomic E-state index is 10.0. The molecule has 20 heavy (non-hydrogen) atoms. The van der Waals surface area contributed by atoms with E-state index in [1.807, 2.05) is 25.2 Å². The molecule has 5 heteroatoms. The lowest BCUT2D eigenvalue weighted by Crippen LogP contribution is -2.21. The summed E-state index contributed by atoms with van der Waals surface area (Å²) in [5.74, 6) is 0.663. The van der Waals surface area contributed by atoms with Crippen molar-refractivity contribution in [2.45, 2.75) is 25.9 Å². The van der Waals surface area contributed by atoms with Crippen LogP contribution in [-0.2, 0) is 19.9 Å². The predicted molar refractivity (Wildman–Crippen MR) is 79.2 cm³/mol. The third-order valence-corrected chi connectivity index (χ3v) is 3.31. The maximum Gasteiger partial charge on any atom is 0.120 e. The summed E-state index contributed by atoms with van der Waals surface area (Å²) in [5.41, 5.74) is 2.04. The van der Waals surface area contributed by atoms with Gasteiger partial charge >= 0.3 is 0 Å². The first-order valence-corrected chi connectivity index (χ1v) is 7.04. The molecule has 0 fully saturated rings. The molecule has 0 spiro atoms. The lowest BCUT2D eigenvalue weighted by atomic mass is 10.2.